The van der Waals surface area contributed by atoms with E-state index in [-0.39, 0.29) is 0 Å². The lowest BCUT2D eigenvalue weighted by atomic mass is 9.93. The molecule has 0 saturated carbocycles. The molecule has 1 heterocycles. The fraction of sp³-hybridized carbons (Fsp3) is 0.818. The average molecular weight is 243 g/mol. The number of hydrogen-bond acceptors (Lipinski definition) is 5. The van der Waals surface area contributed by atoms with Crippen LogP contribution in [0.25, 0.3) is 0 Å². The number of hydrogen-bond donors (Lipinski definition) is 1. The minimum Gasteiger partial charge on any atom is -0.374 e. The van der Waals surface area contributed by atoms with E-state index in [2.05, 4.69) is 36.3 Å². The Morgan fingerprint density at radius 1 is 1.31 bits per heavy atom. The summed E-state index contributed by atoms with van der Waals surface area (Å²) in [6.07, 6.45) is 1.06. The van der Waals surface area contributed by atoms with Gasteiger partial charge in [-0.05, 0) is 18.8 Å². The van der Waals surface area contributed by atoms with Gasteiger partial charge in [-0.15, -0.1) is 10.2 Å². The van der Waals surface area contributed by atoms with Crippen molar-refractivity contribution in [2.45, 2.75) is 40.7 Å². The van der Waals surface area contributed by atoms with Crippen LogP contribution in [0.15, 0.2) is 0 Å². The Balaban J connectivity index is 2.21. The van der Waals surface area contributed by atoms with Crippen LogP contribution in [-0.2, 0) is 11.3 Å². The molecular formula is C11H21N3OS. The second-order valence-electron chi connectivity index (χ2n) is 4.89. The van der Waals surface area contributed by atoms with Crippen molar-refractivity contribution in [3.63, 3.8) is 0 Å². The van der Waals surface area contributed by atoms with Crippen LogP contribution in [0.4, 0.5) is 5.13 Å². The van der Waals surface area contributed by atoms with Gasteiger partial charge in [0.1, 0.15) is 11.6 Å². The summed E-state index contributed by atoms with van der Waals surface area (Å²) >= 11 is 1.56. The van der Waals surface area contributed by atoms with Crippen LogP contribution in [0.5, 0.6) is 0 Å². The molecule has 0 aliphatic rings. The van der Waals surface area contributed by atoms with Gasteiger partial charge in [0.2, 0.25) is 5.13 Å². The lowest BCUT2D eigenvalue weighted by Gasteiger charge is -2.17. The number of rotatable bonds is 6. The van der Waals surface area contributed by atoms with E-state index in [0.29, 0.717) is 12.0 Å². The smallest absolute Gasteiger partial charge is 0.205 e. The predicted octanol–water partition coefficient (Wildman–Crippen LogP) is 2.92. The molecular weight excluding hydrogens is 222 g/mol. The molecule has 4 nitrogen and oxygen atoms in total. The van der Waals surface area contributed by atoms with Gasteiger partial charge in [0.25, 0.3) is 0 Å². The van der Waals surface area contributed by atoms with E-state index >= 15 is 0 Å². The van der Waals surface area contributed by atoms with Crippen LogP contribution in [0.1, 0.15) is 39.1 Å². The predicted molar refractivity (Wildman–Crippen MR) is 67.8 cm³/mol. The highest BCUT2D eigenvalue weighted by molar-refractivity contribution is 7.15. The van der Waals surface area contributed by atoms with Gasteiger partial charge in [-0.2, -0.15) is 0 Å². The van der Waals surface area contributed by atoms with Crippen molar-refractivity contribution in [2.24, 2.45) is 5.41 Å². The molecule has 0 aromatic carbocycles. The topological polar surface area (TPSA) is 47.0 Å². The van der Waals surface area contributed by atoms with Crippen molar-refractivity contribution < 1.29 is 4.74 Å². The number of nitrogens with one attached hydrogen (secondary N) is 1. The second-order valence-corrected chi connectivity index (χ2v) is 5.96. The summed E-state index contributed by atoms with van der Waals surface area (Å²) in [4.78, 5) is 0. The summed E-state index contributed by atoms with van der Waals surface area (Å²) in [6, 6.07) is 0. The summed E-state index contributed by atoms with van der Waals surface area (Å²) in [5.41, 5.74) is 0.329. The Kier molecular flexibility index (Phi) is 5.15. The summed E-state index contributed by atoms with van der Waals surface area (Å²) in [5, 5.41) is 13.0. The molecule has 1 rings (SSSR count). The minimum absolute atomic E-state index is 0.329. The monoisotopic (exact) mass is 243 g/mol. The maximum atomic E-state index is 5.57. The quantitative estimate of drug-likeness (QED) is 0.780. The third-order valence-electron chi connectivity index (χ3n) is 2.02. The highest BCUT2D eigenvalue weighted by atomic mass is 32.1. The first-order chi connectivity index (χ1) is 7.51. The maximum absolute atomic E-state index is 5.57. The Hall–Kier alpha value is -0.680. The largest absolute Gasteiger partial charge is 0.374 e. The second kappa shape index (κ2) is 6.15. The first kappa shape index (κ1) is 13.4. The van der Waals surface area contributed by atoms with Crippen molar-refractivity contribution in [2.75, 3.05) is 18.5 Å². The average Bonchev–Trinajstić information content (AvgIpc) is 2.60. The molecule has 0 unspecified atom stereocenters. The zero-order valence-electron chi connectivity index (χ0n) is 10.5. The van der Waals surface area contributed by atoms with E-state index in [1.54, 1.807) is 11.3 Å². The zero-order chi connectivity index (χ0) is 12.0. The molecule has 5 heteroatoms. The van der Waals surface area contributed by atoms with Gasteiger partial charge in [-0.1, -0.05) is 32.1 Å². The number of anilines is 1. The van der Waals surface area contributed by atoms with E-state index in [4.69, 9.17) is 4.74 Å². The van der Waals surface area contributed by atoms with Crippen LogP contribution in [-0.4, -0.2) is 23.3 Å². The van der Waals surface area contributed by atoms with E-state index in [1.165, 1.54) is 0 Å². The molecule has 0 bridgehead atoms. The normalized spacial score (nSPS) is 11.8. The van der Waals surface area contributed by atoms with Crippen LogP contribution in [0.3, 0.4) is 0 Å². The van der Waals surface area contributed by atoms with E-state index in [9.17, 15) is 0 Å². The van der Waals surface area contributed by atoms with Crippen LogP contribution >= 0.6 is 11.3 Å². The number of aromatic nitrogens is 2. The minimum atomic E-state index is 0.329. The lowest BCUT2D eigenvalue weighted by Crippen LogP contribution is -2.09. The van der Waals surface area contributed by atoms with Gasteiger partial charge < -0.3 is 10.1 Å². The Labute approximate surface area is 101 Å². The van der Waals surface area contributed by atoms with Gasteiger partial charge in [0, 0.05) is 13.2 Å². The molecule has 0 amide bonds. The highest BCUT2D eigenvalue weighted by Gasteiger charge is 2.10. The SMILES string of the molecule is CCNc1nnc(COCCC(C)(C)C)s1. The highest BCUT2D eigenvalue weighted by Crippen LogP contribution is 2.19. The summed E-state index contributed by atoms with van der Waals surface area (Å²) in [6.45, 7) is 10.9. The Morgan fingerprint density at radius 3 is 2.69 bits per heavy atom. The van der Waals surface area contributed by atoms with Crippen LogP contribution < -0.4 is 5.32 Å². The van der Waals surface area contributed by atoms with Gasteiger partial charge in [0.05, 0.1) is 0 Å². The van der Waals surface area contributed by atoms with Crippen molar-refractivity contribution in [1.29, 1.82) is 0 Å². The third-order valence-corrected chi connectivity index (χ3v) is 2.87. The molecule has 1 aromatic heterocycles. The maximum Gasteiger partial charge on any atom is 0.205 e. The summed E-state index contributed by atoms with van der Waals surface area (Å²) < 4.78 is 5.57. The molecule has 0 fully saturated rings. The van der Waals surface area contributed by atoms with Gasteiger partial charge in [-0.25, -0.2) is 0 Å². The summed E-state index contributed by atoms with van der Waals surface area (Å²) in [7, 11) is 0. The van der Waals surface area contributed by atoms with Crippen molar-refractivity contribution in [3.8, 4) is 0 Å². The molecule has 1 N–H and O–H groups in total. The summed E-state index contributed by atoms with van der Waals surface area (Å²) in [5.74, 6) is 0. The van der Waals surface area contributed by atoms with Crippen LogP contribution in [0, 0.1) is 5.41 Å². The molecule has 0 aliphatic heterocycles. The molecule has 1 aromatic rings. The molecule has 92 valence electrons. The fourth-order valence-corrected chi connectivity index (χ4v) is 1.82. The van der Waals surface area contributed by atoms with Gasteiger partial charge >= 0.3 is 0 Å². The van der Waals surface area contributed by atoms with Crippen LogP contribution in [0.2, 0.25) is 0 Å². The molecule has 16 heavy (non-hydrogen) atoms. The van der Waals surface area contributed by atoms with E-state index in [0.717, 1.165) is 29.7 Å². The first-order valence-electron chi connectivity index (χ1n) is 5.65. The fourth-order valence-electron chi connectivity index (χ4n) is 1.07. The van der Waals surface area contributed by atoms with E-state index in [1.807, 2.05) is 6.92 Å². The third kappa shape index (κ3) is 5.42. The molecule has 0 spiro atoms. The van der Waals surface area contributed by atoms with Crippen molar-refractivity contribution in [1.82, 2.24) is 10.2 Å². The number of ether oxygens (including phenoxy) is 1. The standard InChI is InChI=1S/C11H21N3OS/c1-5-12-10-14-13-9(16-10)8-15-7-6-11(2,3)4/h5-8H2,1-4H3,(H,12,14). The number of nitrogens with zero attached hydrogens (tertiary/aromatic N) is 2. The van der Waals surface area contributed by atoms with Gasteiger partial charge in [-0.3, -0.25) is 0 Å². The zero-order valence-corrected chi connectivity index (χ0v) is 11.4. The Morgan fingerprint density at radius 2 is 2.06 bits per heavy atom. The van der Waals surface area contributed by atoms with Crippen molar-refractivity contribution >= 4 is 16.5 Å². The molecule has 0 saturated heterocycles. The Bertz CT molecular complexity index is 306. The molecule has 0 aliphatic carbocycles. The van der Waals surface area contributed by atoms with Gasteiger partial charge in [0.15, 0.2) is 0 Å². The molecule has 0 radical (unpaired) electrons. The van der Waals surface area contributed by atoms with E-state index < -0.39 is 0 Å². The lowest BCUT2D eigenvalue weighted by molar-refractivity contribution is 0.0957. The van der Waals surface area contributed by atoms with Crippen molar-refractivity contribution in [3.05, 3.63) is 5.01 Å². The molecule has 0 atom stereocenters. The first-order valence-corrected chi connectivity index (χ1v) is 6.47.